The smallest absolute Gasteiger partial charge is 0.378 e. The Bertz CT molecular complexity index is 705. The molecule has 0 aromatic heterocycles. The third-order valence-electron chi connectivity index (χ3n) is 3.03. The lowest BCUT2D eigenvalue weighted by Gasteiger charge is -2.11. The Kier molecular flexibility index (Phi) is 4.78. The molecule has 0 aliphatic heterocycles. The van der Waals surface area contributed by atoms with Gasteiger partial charge in [0.05, 0.1) is 11.4 Å². The van der Waals surface area contributed by atoms with Gasteiger partial charge in [-0.3, -0.25) is 4.79 Å². The van der Waals surface area contributed by atoms with Gasteiger partial charge in [-0.05, 0) is 48.5 Å². The van der Waals surface area contributed by atoms with Crippen LogP contribution in [0.2, 0.25) is 0 Å². The molecule has 0 bridgehead atoms. The molecule has 0 atom stereocenters. The normalized spacial score (nSPS) is 11.7. The average molecular weight is 321 g/mol. The quantitative estimate of drug-likeness (QED) is 0.593. The van der Waals surface area contributed by atoms with Gasteiger partial charge < -0.3 is 4.90 Å². The molecular weight excluding hydrogens is 307 g/mol. The molecule has 0 spiro atoms. The third-order valence-corrected chi connectivity index (χ3v) is 3.03. The largest absolute Gasteiger partial charge is 0.454 e. The summed E-state index contributed by atoms with van der Waals surface area (Å²) in [6.45, 7) is 0. The molecule has 2 rings (SSSR count). The minimum Gasteiger partial charge on any atom is -0.378 e. The lowest BCUT2D eigenvalue weighted by Crippen LogP contribution is -2.22. The first-order valence-corrected chi connectivity index (χ1v) is 6.68. The van der Waals surface area contributed by atoms with Gasteiger partial charge in [0, 0.05) is 25.3 Å². The van der Waals surface area contributed by atoms with Crippen LogP contribution >= 0.6 is 0 Å². The molecule has 2 aromatic carbocycles. The van der Waals surface area contributed by atoms with Crippen LogP contribution in [-0.2, 0) is 0 Å². The Morgan fingerprint density at radius 3 is 1.70 bits per heavy atom. The minimum atomic E-state index is -4.88. The number of hydrogen-bond donors (Lipinski definition) is 0. The van der Waals surface area contributed by atoms with E-state index in [4.69, 9.17) is 0 Å². The van der Waals surface area contributed by atoms with E-state index in [9.17, 15) is 18.0 Å². The number of ketones is 1. The Morgan fingerprint density at radius 1 is 0.870 bits per heavy atom. The molecule has 0 radical (unpaired) electrons. The van der Waals surface area contributed by atoms with Crippen LogP contribution in [0.25, 0.3) is 0 Å². The Balaban J connectivity index is 2.10. The van der Waals surface area contributed by atoms with E-state index in [2.05, 4.69) is 10.2 Å². The summed E-state index contributed by atoms with van der Waals surface area (Å²) < 4.78 is 36.9. The van der Waals surface area contributed by atoms with Crippen molar-refractivity contribution in [1.82, 2.24) is 0 Å². The second-order valence-electron chi connectivity index (χ2n) is 4.98. The summed E-state index contributed by atoms with van der Waals surface area (Å²) in [6.07, 6.45) is -4.88. The summed E-state index contributed by atoms with van der Waals surface area (Å²) in [6, 6.07) is 12.1. The van der Waals surface area contributed by atoms with Crippen molar-refractivity contribution in [3.8, 4) is 0 Å². The fourth-order valence-electron chi connectivity index (χ4n) is 1.78. The highest BCUT2D eigenvalue weighted by atomic mass is 19.4. The van der Waals surface area contributed by atoms with Gasteiger partial charge in [0.1, 0.15) is 0 Å². The predicted molar refractivity (Wildman–Crippen MR) is 81.8 cm³/mol. The Hall–Kier alpha value is -2.70. The molecule has 0 fully saturated rings. The molecule has 0 saturated carbocycles. The van der Waals surface area contributed by atoms with Crippen LogP contribution < -0.4 is 4.90 Å². The fourth-order valence-corrected chi connectivity index (χ4v) is 1.78. The van der Waals surface area contributed by atoms with Crippen molar-refractivity contribution in [2.24, 2.45) is 10.2 Å². The van der Waals surface area contributed by atoms with Crippen molar-refractivity contribution in [2.75, 3.05) is 19.0 Å². The van der Waals surface area contributed by atoms with Crippen LogP contribution in [-0.4, -0.2) is 26.1 Å². The van der Waals surface area contributed by atoms with Gasteiger partial charge in [0.25, 0.3) is 5.78 Å². The number of hydrogen-bond acceptors (Lipinski definition) is 4. The van der Waals surface area contributed by atoms with Crippen molar-refractivity contribution in [3.05, 3.63) is 54.1 Å². The van der Waals surface area contributed by atoms with Gasteiger partial charge in [0.2, 0.25) is 0 Å². The third kappa shape index (κ3) is 4.38. The van der Waals surface area contributed by atoms with Crippen molar-refractivity contribution in [3.63, 3.8) is 0 Å². The first kappa shape index (κ1) is 16.7. The molecule has 0 saturated heterocycles. The highest BCUT2D eigenvalue weighted by molar-refractivity contribution is 6.00. The number of alkyl halides is 3. The summed E-state index contributed by atoms with van der Waals surface area (Å²) >= 11 is 0. The molecule has 0 N–H and O–H groups in total. The van der Waals surface area contributed by atoms with E-state index < -0.39 is 17.5 Å². The van der Waals surface area contributed by atoms with Crippen LogP contribution in [0, 0.1) is 0 Å². The van der Waals surface area contributed by atoms with Gasteiger partial charge >= 0.3 is 6.18 Å². The second kappa shape index (κ2) is 6.60. The SMILES string of the molecule is CN(C)c1ccc(N=Nc2ccc(C(=O)C(F)(F)F)cc2)cc1. The number of carbonyl (C=O) groups is 1. The lowest BCUT2D eigenvalue weighted by molar-refractivity contribution is -0.0885. The van der Waals surface area contributed by atoms with Gasteiger partial charge in [-0.25, -0.2) is 0 Å². The second-order valence-corrected chi connectivity index (χ2v) is 4.98. The van der Waals surface area contributed by atoms with Crippen LogP contribution in [0.3, 0.4) is 0 Å². The molecule has 120 valence electrons. The van der Waals surface area contributed by atoms with E-state index in [1.807, 2.05) is 31.1 Å². The molecule has 2 aromatic rings. The number of halogens is 3. The van der Waals surface area contributed by atoms with E-state index in [0.29, 0.717) is 11.4 Å². The van der Waals surface area contributed by atoms with E-state index in [1.54, 1.807) is 12.1 Å². The molecule has 4 nitrogen and oxygen atoms in total. The first-order valence-electron chi connectivity index (χ1n) is 6.68. The van der Waals surface area contributed by atoms with Crippen LogP contribution in [0.4, 0.5) is 30.2 Å². The fraction of sp³-hybridized carbons (Fsp3) is 0.188. The van der Waals surface area contributed by atoms with Crippen molar-refractivity contribution < 1.29 is 18.0 Å². The van der Waals surface area contributed by atoms with Crippen LogP contribution in [0.15, 0.2) is 58.8 Å². The monoisotopic (exact) mass is 321 g/mol. The van der Waals surface area contributed by atoms with E-state index in [-0.39, 0.29) is 0 Å². The van der Waals surface area contributed by atoms with E-state index in [1.165, 1.54) is 12.1 Å². The number of Topliss-reactive ketones (excluding diaryl/α,β-unsaturated/α-hetero) is 1. The maximum absolute atomic E-state index is 12.3. The topological polar surface area (TPSA) is 45.0 Å². The zero-order valence-corrected chi connectivity index (χ0v) is 12.5. The maximum Gasteiger partial charge on any atom is 0.454 e. The van der Waals surface area contributed by atoms with Crippen molar-refractivity contribution in [1.29, 1.82) is 0 Å². The van der Waals surface area contributed by atoms with Crippen LogP contribution in [0.5, 0.6) is 0 Å². The van der Waals surface area contributed by atoms with Gasteiger partial charge in [-0.15, -0.1) is 0 Å². The first-order chi connectivity index (χ1) is 10.8. The lowest BCUT2D eigenvalue weighted by atomic mass is 10.1. The molecule has 0 amide bonds. The number of rotatable bonds is 4. The molecule has 7 heteroatoms. The summed E-state index contributed by atoms with van der Waals surface area (Å²) in [4.78, 5) is 13.0. The van der Waals surface area contributed by atoms with Crippen LogP contribution in [0.1, 0.15) is 10.4 Å². The number of nitrogens with zero attached hydrogens (tertiary/aromatic N) is 3. The van der Waals surface area contributed by atoms with Gasteiger partial charge in [-0.2, -0.15) is 23.4 Å². The number of carbonyl (C=O) groups excluding carboxylic acids is 1. The summed E-state index contributed by atoms with van der Waals surface area (Å²) in [5, 5.41) is 7.93. The molecular formula is C16H14F3N3O. The summed E-state index contributed by atoms with van der Waals surface area (Å²) in [5.74, 6) is -1.87. The molecule has 0 unspecified atom stereocenters. The van der Waals surface area contributed by atoms with Crippen molar-refractivity contribution >= 4 is 22.8 Å². The summed E-state index contributed by atoms with van der Waals surface area (Å²) in [7, 11) is 3.83. The number of azo groups is 1. The molecule has 0 aliphatic carbocycles. The molecule has 0 heterocycles. The standard InChI is InChI=1S/C16H14F3N3O/c1-22(2)14-9-7-13(8-10-14)21-20-12-5-3-11(4-6-12)15(23)16(17,18)19/h3-10H,1-2H3. The van der Waals surface area contributed by atoms with E-state index >= 15 is 0 Å². The molecule has 23 heavy (non-hydrogen) atoms. The van der Waals surface area contributed by atoms with Gasteiger partial charge in [0.15, 0.2) is 0 Å². The Labute approximate surface area is 131 Å². The highest BCUT2D eigenvalue weighted by Crippen LogP contribution is 2.24. The molecule has 0 aliphatic rings. The van der Waals surface area contributed by atoms with Gasteiger partial charge in [-0.1, -0.05) is 0 Å². The average Bonchev–Trinajstić information content (AvgIpc) is 2.52. The highest BCUT2D eigenvalue weighted by Gasteiger charge is 2.39. The zero-order chi connectivity index (χ0) is 17.0. The maximum atomic E-state index is 12.3. The zero-order valence-electron chi connectivity index (χ0n) is 12.5. The van der Waals surface area contributed by atoms with E-state index in [0.717, 1.165) is 17.8 Å². The number of benzene rings is 2. The van der Waals surface area contributed by atoms with Crippen molar-refractivity contribution in [2.45, 2.75) is 6.18 Å². The summed E-state index contributed by atoms with van der Waals surface area (Å²) in [5.41, 5.74) is 1.57. The predicted octanol–water partition coefficient (Wildman–Crippen LogP) is 4.91. The Morgan fingerprint density at radius 2 is 1.30 bits per heavy atom. The minimum absolute atomic E-state index is 0.361. The number of anilines is 1.